The minimum absolute atomic E-state index is 0.0542. The molecule has 1 aliphatic heterocycles. The van der Waals surface area contributed by atoms with Crippen LogP contribution in [0.4, 0.5) is 0 Å². The molecule has 2 rings (SSSR count). The lowest BCUT2D eigenvalue weighted by Crippen LogP contribution is -2.45. The van der Waals surface area contributed by atoms with Crippen molar-refractivity contribution in [1.82, 2.24) is 9.88 Å². The molecule has 0 aliphatic carbocycles. The summed E-state index contributed by atoms with van der Waals surface area (Å²) < 4.78 is 0. The van der Waals surface area contributed by atoms with E-state index >= 15 is 0 Å². The molecule has 2 unspecified atom stereocenters. The second kappa shape index (κ2) is 4.71. The first-order valence-electron chi connectivity index (χ1n) is 5.71. The van der Waals surface area contributed by atoms with Gasteiger partial charge in [-0.15, -0.1) is 0 Å². The molecule has 2 atom stereocenters. The fourth-order valence-electron chi connectivity index (χ4n) is 2.03. The molecule has 2 N–H and O–H groups in total. The maximum absolute atomic E-state index is 12.1. The maximum atomic E-state index is 12.1. The van der Waals surface area contributed by atoms with Crippen LogP contribution in [0.5, 0.6) is 5.75 Å². The number of carbonyl (C=O) groups excluding carboxylic acids is 1. The van der Waals surface area contributed by atoms with Crippen LogP contribution in [0, 0.1) is 5.92 Å². The van der Waals surface area contributed by atoms with Gasteiger partial charge in [-0.25, -0.2) is 4.98 Å². The largest absolute Gasteiger partial charge is 0.505 e. The Hall–Kier alpha value is -1.62. The summed E-state index contributed by atoms with van der Waals surface area (Å²) in [5.74, 6) is -0.323. The number of pyridine rings is 1. The Morgan fingerprint density at radius 3 is 3.00 bits per heavy atom. The molecule has 0 saturated carbocycles. The highest BCUT2D eigenvalue weighted by Gasteiger charge is 2.29. The number of aromatic hydroxyl groups is 1. The quantitative estimate of drug-likeness (QED) is 0.750. The third kappa shape index (κ3) is 2.39. The summed E-state index contributed by atoms with van der Waals surface area (Å²) in [6.07, 6.45) is 1.70. The maximum Gasteiger partial charge on any atom is 0.276 e. The molecule has 1 fully saturated rings. The number of aliphatic hydroxyl groups excluding tert-OH is 1. The molecule has 2 heterocycles. The molecule has 0 aromatic carbocycles. The summed E-state index contributed by atoms with van der Waals surface area (Å²) in [4.78, 5) is 17.6. The zero-order valence-corrected chi connectivity index (χ0v) is 9.71. The molecule has 1 amide bonds. The third-order valence-electron chi connectivity index (χ3n) is 3.14. The Labute approximate surface area is 99.7 Å². The molecule has 5 heteroatoms. The lowest BCUT2D eigenvalue weighted by molar-refractivity contribution is 0.0292. The van der Waals surface area contributed by atoms with Gasteiger partial charge in [0.05, 0.1) is 6.10 Å². The van der Waals surface area contributed by atoms with Crippen LogP contribution < -0.4 is 0 Å². The van der Waals surface area contributed by atoms with Gasteiger partial charge < -0.3 is 15.1 Å². The predicted octanol–water partition coefficient (Wildman–Crippen LogP) is 0.630. The first-order chi connectivity index (χ1) is 8.09. The highest BCUT2D eigenvalue weighted by molar-refractivity contribution is 5.94. The van der Waals surface area contributed by atoms with Crippen molar-refractivity contribution in [2.75, 3.05) is 13.1 Å². The van der Waals surface area contributed by atoms with Crippen LogP contribution >= 0.6 is 0 Å². The van der Waals surface area contributed by atoms with Crippen molar-refractivity contribution in [3.05, 3.63) is 24.0 Å². The summed E-state index contributed by atoms with van der Waals surface area (Å²) in [5.41, 5.74) is 0.0797. The van der Waals surface area contributed by atoms with E-state index in [0.29, 0.717) is 19.5 Å². The number of amides is 1. The Balaban J connectivity index is 2.14. The van der Waals surface area contributed by atoms with E-state index < -0.39 is 0 Å². The number of carbonyl (C=O) groups is 1. The molecule has 5 nitrogen and oxygen atoms in total. The molecule has 0 spiro atoms. The molecular weight excluding hydrogens is 220 g/mol. The smallest absolute Gasteiger partial charge is 0.276 e. The van der Waals surface area contributed by atoms with Crippen molar-refractivity contribution in [2.24, 2.45) is 5.92 Å². The summed E-state index contributed by atoms with van der Waals surface area (Å²) >= 11 is 0. The van der Waals surface area contributed by atoms with Gasteiger partial charge in [0.1, 0.15) is 5.75 Å². The molecule has 0 bridgehead atoms. The molecule has 92 valence electrons. The lowest BCUT2D eigenvalue weighted by Gasteiger charge is -2.34. The van der Waals surface area contributed by atoms with Crippen LogP contribution in [0.3, 0.4) is 0 Å². The average Bonchev–Trinajstić information content (AvgIpc) is 2.32. The van der Waals surface area contributed by atoms with Gasteiger partial charge in [0.25, 0.3) is 5.91 Å². The second-order valence-corrected chi connectivity index (χ2v) is 4.46. The molecule has 1 saturated heterocycles. The van der Waals surface area contributed by atoms with Crippen LogP contribution in [-0.2, 0) is 0 Å². The zero-order valence-electron chi connectivity index (χ0n) is 9.71. The molecule has 17 heavy (non-hydrogen) atoms. The van der Waals surface area contributed by atoms with E-state index in [9.17, 15) is 15.0 Å². The SMILES string of the molecule is CC1CN(C(=O)c2ncccc2O)CCC1O. The van der Waals surface area contributed by atoms with Gasteiger partial charge >= 0.3 is 0 Å². The van der Waals surface area contributed by atoms with Gasteiger partial charge in [0.2, 0.25) is 0 Å². The van der Waals surface area contributed by atoms with Crippen LogP contribution in [0.1, 0.15) is 23.8 Å². The Morgan fingerprint density at radius 1 is 1.59 bits per heavy atom. The number of hydrogen-bond donors (Lipinski definition) is 2. The van der Waals surface area contributed by atoms with Crippen molar-refractivity contribution in [2.45, 2.75) is 19.4 Å². The summed E-state index contributed by atoms with van der Waals surface area (Å²) in [5, 5.41) is 19.2. The molecule has 1 aromatic rings. The minimum Gasteiger partial charge on any atom is -0.505 e. The first-order valence-corrected chi connectivity index (χ1v) is 5.71. The van der Waals surface area contributed by atoms with Crippen molar-refractivity contribution >= 4 is 5.91 Å². The van der Waals surface area contributed by atoms with Crippen LogP contribution in [0.25, 0.3) is 0 Å². The van der Waals surface area contributed by atoms with Gasteiger partial charge in [-0.1, -0.05) is 6.92 Å². The number of aliphatic hydroxyl groups is 1. The summed E-state index contributed by atoms with van der Waals surface area (Å²) in [7, 11) is 0. The highest BCUT2D eigenvalue weighted by atomic mass is 16.3. The highest BCUT2D eigenvalue weighted by Crippen LogP contribution is 2.21. The monoisotopic (exact) mass is 236 g/mol. The first kappa shape index (κ1) is 11.9. The van der Waals surface area contributed by atoms with Gasteiger partial charge in [-0.3, -0.25) is 4.79 Å². The summed E-state index contributed by atoms with van der Waals surface area (Å²) in [6, 6.07) is 3.02. The van der Waals surface area contributed by atoms with E-state index in [-0.39, 0.29) is 29.4 Å². The van der Waals surface area contributed by atoms with E-state index in [1.165, 1.54) is 12.3 Å². The van der Waals surface area contributed by atoms with Crippen molar-refractivity contribution in [3.8, 4) is 5.75 Å². The van der Waals surface area contributed by atoms with E-state index in [4.69, 9.17) is 0 Å². The minimum atomic E-state index is -0.351. The number of nitrogens with zero attached hydrogens (tertiary/aromatic N) is 2. The number of rotatable bonds is 1. The van der Waals surface area contributed by atoms with E-state index in [1.807, 2.05) is 6.92 Å². The van der Waals surface area contributed by atoms with Gasteiger partial charge in [-0.05, 0) is 24.5 Å². The van der Waals surface area contributed by atoms with Gasteiger partial charge in [0.15, 0.2) is 5.69 Å². The Morgan fingerprint density at radius 2 is 2.35 bits per heavy atom. The van der Waals surface area contributed by atoms with Crippen molar-refractivity contribution in [3.63, 3.8) is 0 Å². The van der Waals surface area contributed by atoms with E-state index in [2.05, 4.69) is 4.98 Å². The van der Waals surface area contributed by atoms with Gasteiger partial charge in [0, 0.05) is 19.3 Å². The van der Waals surface area contributed by atoms with Crippen LogP contribution in [-0.4, -0.2) is 45.2 Å². The van der Waals surface area contributed by atoms with E-state index in [0.717, 1.165) is 0 Å². The van der Waals surface area contributed by atoms with Crippen LogP contribution in [0.2, 0.25) is 0 Å². The average molecular weight is 236 g/mol. The second-order valence-electron chi connectivity index (χ2n) is 4.46. The number of piperidine rings is 1. The molecule has 1 aromatic heterocycles. The Bertz CT molecular complexity index is 422. The lowest BCUT2D eigenvalue weighted by atomic mass is 9.96. The molecule has 1 aliphatic rings. The van der Waals surface area contributed by atoms with Crippen molar-refractivity contribution < 1.29 is 15.0 Å². The molecule has 0 radical (unpaired) electrons. The number of aromatic nitrogens is 1. The Kier molecular flexibility index (Phi) is 3.28. The van der Waals surface area contributed by atoms with Crippen molar-refractivity contribution in [1.29, 1.82) is 0 Å². The predicted molar refractivity (Wildman–Crippen MR) is 61.6 cm³/mol. The zero-order chi connectivity index (χ0) is 12.4. The van der Waals surface area contributed by atoms with Gasteiger partial charge in [-0.2, -0.15) is 0 Å². The van der Waals surface area contributed by atoms with Crippen LogP contribution in [0.15, 0.2) is 18.3 Å². The fraction of sp³-hybridized carbons (Fsp3) is 0.500. The van der Waals surface area contributed by atoms with E-state index in [1.54, 1.807) is 11.0 Å². The molecular formula is C12H16N2O3. The summed E-state index contributed by atoms with van der Waals surface area (Å²) in [6.45, 7) is 2.90. The third-order valence-corrected chi connectivity index (χ3v) is 3.14. The normalized spacial score (nSPS) is 24.7. The topological polar surface area (TPSA) is 73.7 Å². The fourth-order valence-corrected chi connectivity index (χ4v) is 2.03. The standard InChI is InChI=1S/C12H16N2O3/c1-8-7-14(6-4-9(8)15)12(17)11-10(16)3-2-5-13-11/h2-3,5,8-9,15-16H,4,6-7H2,1H3. The number of likely N-dealkylation sites (tertiary alicyclic amines) is 1. The number of hydrogen-bond acceptors (Lipinski definition) is 4.